The molecule has 2 aromatic rings. The average Bonchev–Trinajstić information content (AvgIpc) is 2.53. The quantitative estimate of drug-likeness (QED) is 0.741. The Bertz CT molecular complexity index is 663. The van der Waals surface area contributed by atoms with Crippen LogP contribution in [-0.2, 0) is 17.8 Å². The lowest BCUT2D eigenvalue weighted by atomic mass is 10.0. The number of carbonyl (C=O) groups is 1. The summed E-state index contributed by atoms with van der Waals surface area (Å²) < 4.78 is 23.9. The molecule has 122 valence electrons. The van der Waals surface area contributed by atoms with E-state index in [4.69, 9.17) is 4.74 Å². The monoisotopic (exact) mass is 316 g/mol. The molecular formula is C19H21FO3. The molecular weight excluding hydrogens is 295 g/mol. The second-order valence-electron chi connectivity index (χ2n) is 5.83. The van der Waals surface area contributed by atoms with Gasteiger partial charge in [-0.15, -0.1) is 0 Å². The van der Waals surface area contributed by atoms with Crippen molar-refractivity contribution in [3.63, 3.8) is 0 Å². The van der Waals surface area contributed by atoms with Crippen LogP contribution in [0.2, 0.25) is 0 Å². The third kappa shape index (κ3) is 4.81. The molecule has 0 amide bonds. The molecule has 0 heterocycles. The van der Waals surface area contributed by atoms with E-state index in [0.29, 0.717) is 23.8 Å². The van der Waals surface area contributed by atoms with Crippen LogP contribution < -0.4 is 4.74 Å². The van der Waals surface area contributed by atoms with Gasteiger partial charge in [-0.05, 0) is 53.8 Å². The molecule has 0 radical (unpaired) electrons. The first kappa shape index (κ1) is 17.0. The summed E-state index contributed by atoms with van der Waals surface area (Å²) in [6, 6.07) is 11.6. The van der Waals surface area contributed by atoms with Crippen LogP contribution in [0.3, 0.4) is 0 Å². The van der Waals surface area contributed by atoms with E-state index in [1.165, 1.54) is 19.2 Å². The normalized spacial score (nSPS) is 10.7. The van der Waals surface area contributed by atoms with Gasteiger partial charge in [-0.25, -0.2) is 9.18 Å². The van der Waals surface area contributed by atoms with Crippen molar-refractivity contribution in [3.8, 4) is 5.75 Å². The van der Waals surface area contributed by atoms with Gasteiger partial charge in [0.15, 0.2) is 0 Å². The van der Waals surface area contributed by atoms with Gasteiger partial charge in [0, 0.05) is 0 Å². The van der Waals surface area contributed by atoms with Crippen LogP contribution >= 0.6 is 0 Å². The Hall–Kier alpha value is -2.36. The Kier molecular flexibility index (Phi) is 5.74. The fourth-order valence-corrected chi connectivity index (χ4v) is 2.30. The predicted molar refractivity (Wildman–Crippen MR) is 87.1 cm³/mol. The van der Waals surface area contributed by atoms with Gasteiger partial charge < -0.3 is 9.47 Å². The largest absolute Gasteiger partial charge is 0.489 e. The van der Waals surface area contributed by atoms with Crippen LogP contribution in [0.1, 0.15) is 35.3 Å². The Morgan fingerprint density at radius 3 is 2.43 bits per heavy atom. The highest BCUT2D eigenvalue weighted by atomic mass is 19.1. The molecule has 0 atom stereocenters. The summed E-state index contributed by atoms with van der Waals surface area (Å²) in [7, 11) is 1.35. The third-order valence-electron chi connectivity index (χ3n) is 3.42. The highest BCUT2D eigenvalue weighted by molar-refractivity contribution is 5.89. The molecule has 2 aromatic carbocycles. The minimum absolute atomic E-state index is 0.254. The van der Waals surface area contributed by atoms with Crippen molar-refractivity contribution in [3.05, 3.63) is 65.0 Å². The molecule has 4 heteroatoms. The zero-order chi connectivity index (χ0) is 16.8. The van der Waals surface area contributed by atoms with Crippen LogP contribution in [0.15, 0.2) is 42.5 Å². The van der Waals surface area contributed by atoms with Crippen molar-refractivity contribution >= 4 is 5.97 Å². The summed E-state index contributed by atoms with van der Waals surface area (Å²) in [5, 5.41) is 0. The van der Waals surface area contributed by atoms with Crippen LogP contribution in [0.4, 0.5) is 4.39 Å². The van der Waals surface area contributed by atoms with Crippen molar-refractivity contribution in [2.24, 2.45) is 5.92 Å². The van der Waals surface area contributed by atoms with Crippen molar-refractivity contribution in [2.45, 2.75) is 26.9 Å². The molecule has 23 heavy (non-hydrogen) atoms. The first-order valence-electron chi connectivity index (χ1n) is 7.58. The second kappa shape index (κ2) is 7.77. The van der Waals surface area contributed by atoms with Crippen LogP contribution in [0.5, 0.6) is 5.75 Å². The van der Waals surface area contributed by atoms with E-state index in [2.05, 4.69) is 18.6 Å². The molecule has 0 saturated heterocycles. The number of ether oxygens (including phenoxy) is 2. The fraction of sp³-hybridized carbons (Fsp3) is 0.316. The van der Waals surface area contributed by atoms with Gasteiger partial charge in [-0.3, -0.25) is 0 Å². The van der Waals surface area contributed by atoms with Crippen LogP contribution in [-0.4, -0.2) is 13.1 Å². The summed E-state index contributed by atoms with van der Waals surface area (Å²) >= 11 is 0. The van der Waals surface area contributed by atoms with Crippen LogP contribution in [0, 0.1) is 11.7 Å². The smallest absolute Gasteiger partial charge is 0.337 e. The summed E-state index contributed by atoms with van der Waals surface area (Å²) in [5.74, 6) is 0.487. The van der Waals surface area contributed by atoms with E-state index < -0.39 is 0 Å². The lowest BCUT2D eigenvalue weighted by Gasteiger charge is -2.13. The third-order valence-corrected chi connectivity index (χ3v) is 3.42. The summed E-state index contributed by atoms with van der Waals surface area (Å²) in [6.07, 6.45) is 0.758. The molecule has 0 aliphatic heterocycles. The standard InChI is InChI=1S/C19H21FO3/c1-13(2)10-16-11-17(20)8-9-18(16)23-12-14-4-6-15(7-5-14)19(21)22-3/h4-9,11,13H,10,12H2,1-3H3. The topological polar surface area (TPSA) is 35.5 Å². The Labute approximate surface area is 136 Å². The number of rotatable bonds is 6. The number of halogens is 1. The van der Waals surface area contributed by atoms with Crippen LogP contribution in [0.25, 0.3) is 0 Å². The van der Waals surface area contributed by atoms with Crippen molar-refractivity contribution in [1.82, 2.24) is 0 Å². The maximum absolute atomic E-state index is 13.4. The average molecular weight is 316 g/mol. The number of esters is 1. The van der Waals surface area contributed by atoms with Gasteiger partial charge in [-0.1, -0.05) is 26.0 Å². The molecule has 0 N–H and O–H groups in total. The summed E-state index contributed by atoms with van der Waals surface area (Å²) in [6.45, 7) is 4.53. The molecule has 3 nitrogen and oxygen atoms in total. The van der Waals surface area contributed by atoms with E-state index in [0.717, 1.165) is 17.5 Å². The van der Waals surface area contributed by atoms with E-state index in [1.807, 2.05) is 12.1 Å². The lowest BCUT2D eigenvalue weighted by Crippen LogP contribution is -2.03. The number of hydrogen-bond acceptors (Lipinski definition) is 3. The maximum Gasteiger partial charge on any atom is 0.337 e. The highest BCUT2D eigenvalue weighted by Crippen LogP contribution is 2.24. The number of carbonyl (C=O) groups excluding carboxylic acids is 1. The van der Waals surface area contributed by atoms with E-state index >= 15 is 0 Å². The predicted octanol–water partition coefficient (Wildman–Crippen LogP) is 4.39. The van der Waals surface area contributed by atoms with E-state index in [9.17, 15) is 9.18 Å². The van der Waals surface area contributed by atoms with Gasteiger partial charge in [0.25, 0.3) is 0 Å². The zero-order valence-electron chi connectivity index (χ0n) is 13.6. The first-order valence-corrected chi connectivity index (χ1v) is 7.58. The van der Waals surface area contributed by atoms with Crippen molar-refractivity contribution in [2.75, 3.05) is 7.11 Å². The Morgan fingerprint density at radius 2 is 1.83 bits per heavy atom. The molecule has 0 spiro atoms. The molecule has 0 aliphatic rings. The summed E-state index contributed by atoms with van der Waals surface area (Å²) in [4.78, 5) is 11.4. The Morgan fingerprint density at radius 1 is 1.13 bits per heavy atom. The molecule has 0 saturated carbocycles. The molecule has 2 rings (SSSR count). The van der Waals surface area contributed by atoms with Gasteiger partial charge in [0.05, 0.1) is 12.7 Å². The highest BCUT2D eigenvalue weighted by Gasteiger charge is 2.09. The first-order chi connectivity index (χ1) is 11.0. The SMILES string of the molecule is COC(=O)c1ccc(COc2ccc(F)cc2CC(C)C)cc1. The Balaban J connectivity index is 2.07. The molecule has 0 bridgehead atoms. The lowest BCUT2D eigenvalue weighted by molar-refractivity contribution is 0.0600. The van der Waals surface area contributed by atoms with Gasteiger partial charge in [0.1, 0.15) is 18.2 Å². The number of benzene rings is 2. The number of methoxy groups -OCH3 is 1. The van der Waals surface area contributed by atoms with Crippen molar-refractivity contribution < 1.29 is 18.7 Å². The molecule has 0 unspecified atom stereocenters. The minimum atomic E-state index is -0.366. The van der Waals surface area contributed by atoms with E-state index in [1.54, 1.807) is 18.2 Å². The van der Waals surface area contributed by atoms with E-state index in [-0.39, 0.29) is 11.8 Å². The fourth-order valence-electron chi connectivity index (χ4n) is 2.30. The van der Waals surface area contributed by atoms with Crippen molar-refractivity contribution in [1.29, 1.82) is 0 Å². The molecule has 0 aromatic heterocycles. The molecule has 0 aliphatic carbocycles. The second-order valence-corrected chi connectivity index (χ2v) is 5.83. The maximum atomic E-state index is 13.4. The summed E-state index contributed by atoms with van der Waals surface area (Å²) in [5.41, 5.74) is 2.29. The number of hydrogen-bond donors (Lipinski definition) is 0. The van der Waals surface area contributed by atoms with Gasteiger partial charge >= 0.3 is 5.97 Å². The van der Waals surface area contributed by atoms with Gasteiger partial charge in [0.2, 0.25) is 0 Å². The zero-order valence-corrected chi connectivity index (χ0v) is 13.6. The molecule has 0 fully saturated rings. The minimum Gasteiger partial charge on any atom is -0.489 e. The van der Waals surface area contributed by atoms with Gasteiger partial charge in [-0.2, -0.15) is 0 Å².